The maximum Gasteiger partial charge on any atom is 0.188 e. The Hall–Kier alpha value is -1.84. The lowest BCUT2D eigenvalue weighted by Crippen LogP contribution is -2.06. The van der Waals surface area contributed by atoms with E-state index in [9.17, 15) is 0 Å². The summed E-state index contributed by atoms with van der Waals surface area (Å²) in [6, 6.07) is 9.22. The molecule has 0 amide bonds. The molecule has 23 heavy (non-hydrogen) atoms. The van der Waals surface area contributed by atoms with Crippen LogP contribution in [0.3, 0.4) is 0 Å². The predicted octanol–water partition coefficient (Wildman–Crippen LogP) is 3.82. The van der Waals surface area contributed by atoms with Crippen LogP contribution in [0.15, 0.2) is 34.3 Å². The minimum Gasteiger partial charge on any atom is -0.478 e. The second-order valence-electron chi connectivity index (χ2n) is 5.97. The molecule has 0 aromatic heterocycles. The molecule has 2 aliphatic rings. The van der Waals surface area contributed by atoms with E-state index in [0.717, 1.165) is 50.7 Å². The van der Waals surface area contributed by atoms with Gasteiger partial charge in [0, 0.05) is 12.8 Å². The predicted molar refractivity (Wildman–Crippen MR) is 95.5 cm³/mol. The van der Waals surface area contributed by atoms with Gasteiger partial charge in [0.15, 0.2) is 11.8 Å². The van der Waals surface area contributed by atoms with Crippen LogP contribution in [0.5, 0.6) is 0 Å². The molecule has 4 nitrogen and oxygen atoms in total. The molecule has 0 saturated carbocycles. The second kappa shape index (κ2) is 8.14. The molecule has 1 aromatic rings. The van der Waals surface area contributed by atoms with Crippen LogP contribution < -0.4 is 0 Å². The maximum atomic E-state index is 5.66. The highest BCUT2D eigenvalue weighted by Crippen LogP contribution is 2.16. The molecule has 0 saturated heterocycles. The van der Waals surface area contributed by atoms with Crippen LogP contribution in [0.4, 0.5) is 0 Å². The lowest BCUT2D eigenvalue weighted by atomic mass is 10.1. The fourth-order valence-electron chi connectivity index (χ4n) is 2.75. The van der Waals surface area contributed by atoms with E-state index in [1.165, 1.54) is 11.1 Å². The van der Waals surface area contributed by atoms with Gasteiger partial charge >= 0.3 is 0 Å². The molecule has 0 N–H and O–H groups in total. The van der Waals surface area contributed by atoms with E-state index in [2.05, 4.69) is 48.1 Å². The molecule has 2 heterocycles. The Morgan fingerprint density at radius 1 is 0.913 bits per heavy atom. The average molecular weight is 316 g/mol. The molecule has 2 unspecified atom stereocenters. The first-order chi connectivity index (χ1) is 10.8. The topological polar surface area (TPSA) is 43.2 Å². The van der Waals surface area contributed by atoms with Crippen molar-refractivity contribution >= 4 is 11.8 Å². The summed E-state index contributed by atoms with van der Waals surface area (Å²) < 4.78 is 11.3. The summed E-state index contributed by atoms with van der Waals surface area (Å²) in [6.07, 6.45) is 3.63. The zero-order valence-electron chi connectivity index (χ0n) is 13.4. The number of benzene rings is 1. The van der Waals surface area contributed by atoms with Gasteiger partial charge in [0.1, 0.15) is 13.2 Å². The van der Waals surface area contributed by atoms with Gasteiger partial charge < -0.3 is 9.47 Å². The Kier molecular flexibility index (Phi) is 6.20. The van der Waals surface area contributed by atoms with Crippen molar-refractivity contribution in [2.45, 2.75) is 59.0 Å². The number of hydrogen-bond donors (Lipinski definition) is 0. The minimum atomic E-state index is 0. The third kappa shape index (κ3) is 4.57. The van der Waals surface area contributed by atoms with E-state index in [1.807, 2.05) is 0 Å². The lowest BCUT2D eigenvalue weighted by molar-refractivity contribution is 0.309. The van der Waals surface area contributed by atoms with Crippen molar-refractivity contribution in [2.75, 3.05) is 13.2 Å². The maximum absolute atomic E-state index is 5.66. The van der Waals surface area contributed by atoms with E-state index in [1.54, 1.807) is 0 Å². The van der Waals surface area contributed by atoms with Gasteiger partial charge in [-0.15, -0.1) is 0 Å². The second-order valence-corrected chi connectivity index (χ2v) is 5.97. The highest BCUT2D eigenvalue weighted by atomic mass is 16.5. The summed E-state index contributed by atoms with van der Waals surface area (Å²) in [5.74, 6) is 1.73. The molecule has 2 atom stereocenters. The van der Waals surface area contributed by atoms with Crippen molar-refractivity contribution in [3.63, 3.8) is 0 Å². The number of nitrogens with zero attached hydrogens (tertiary/aromatic N) is 2. The van der Waals surface area contributed by atoms with Crippen molar-refractivity contribution in [2.24, 2.45) is 9.98 Å². The Morgan fingerprint density at radius 2 is 1.39 bits per heavy atom. The lowest BCUT2D eigenvalue weighted by Gasteiger charge is -2.06. The molecule has 3 rings (SSSR count). The van der Waals surface area contributed by atoms with Gasteiger partial charge in [0.05, 0.1) is 12.1 Å². The van der Waals surface area contributed by atoms with Gasteiger partial charge in [-0.05, 0) is 24.0 Å². The van der Waals surface area contributed by atoms with Crippen molar-refractivity contribution in [3.05, 3.63) is 35.4 Å². The average Bonchev–Trinajstić information content (AvgIpc) is 3.16. The van der Waals surface area contributed by atoms with E-state index in [0.29, 0.717) is 12.1 Å². The van der Waals surface area contributed by atoms with Gasteiger partial charge in [-0.3, -0.25) is 0 Å². The molecule has 0 spiro atoms. The fraction of sp³-hybridized carbons (Fsp3) is 0.579. The van der Waals surface area contributed by atoms with Crippen molar-refractivity contribution in [1.29, 1.82) is 0 Å². The molecule has 0 fully saturated rings. The Balaban J connectivity index is 0.00000192. The van der Waals surface area contributed by atoms with Crippen LogP contribution >= 0.6 is 0 Å². The van der Waals surface area contributed by atoms with Crippen LogP contribution in [0.1, 0.15) is 45.2 Å². The Morgan fingerprint density at radius 3 is 1.78 bits per heavy atom. The van der Waals surface area contributed by atoms with Gasteiger partial charge in [-0.1, -0.05) is 45.5 Å². The molecule has 1 aromatic carbocycles. The fourth-order valence-corrected chi connectivity index (χ4v) is 2.75. The SMILES string of the molecule is C.CCC1COC(Cc2cccc(CC3=NC(CC)CO3)c2)=N1. The zero-order chi connectivity index (χ0) is 15.4. The van der Waals surface area contributed by atoms with Gasteiger partial charge in [0.25, 0.3) is 0 Å². The Bertz CT molecular complexity index is 533. The smallest absolute Gasteiger partial charge is 0.188 e. The third-order valence-electron chi connectivity index (χ3n) is 4.18. The standard InChI is InChI=1S/C18H24N2O2.CH4/c1-3-15-11-21-17(19-15)9-13-6-5-7-14(8-13)10-18-20-16(4-2)12-22-18;/h5-8,15-16H,3-4,9-12H2,1-2H3;1H4. The van der Waals surface area contributed by atoms with Crippen LogP contribution in [0, 0.1) is 0 Å². The quantitative estimate of drug-likeness (QED) is 0.800. The zero-order valence-corrected chi connectivity index (χ0v) is 13.4. The molecule has 0 aliphatic carbocycles. The van der Waals surface area contributed by atoms with Gasteiger partial charge in [-0.2, -0.15) is 0 Å². The molecule has 126 valence electrons. The molecule has 2 aliphatic heterocycles. The highest BCUT2D eigenvalue weighted by Gasteiger charge is 2.18. The van der Waals surface area contributed by atoms with Crippen molar-refractivity contribution in [1.82, 2.24) is 0 Å². The van der Waals surface area contributed by atoms with Crippen LogP contribution in [0.2, 0.25) is 0 Å². The van der Waals surface area contributed by atoms with Crippen LogP contribution in [-0.2, 0) is 22.3 Å². The largest absolute Gasteiger partial charge is 0.478 e. The van der Waals surface area contributed by atoms with Crippen molar-refractivity contribution in [3.8, 4) is 0 Å². The van der Waals surface area contributed by atoms with E-state index < -0.39 is 0 Å². The van der Waals surface area contributed by atoms with E-state index in [-0.39, 0.29) is 7.43 Å². The van der Waals surface area contributed by atoms with Gasteiger partial charge in [0.2, 0.25) is 0 Å². The summed E-state index contributed by atoms with van der Waals surface area (Å²) in [5, 5.41) is 0. The number of rotatable bonds is 6. The van der Waals surface area contributed by atoms with E-state index in [4.69, 9.17) is 9.47 Å². The van der Waals surface area contributed by atoms with Crippen LogP contribution in [-0.4, -0.2) is 37.1 Å². The summed E-state index contributed by atoms with van der Waals surface area (Å²) in [6.45, 7) is 5.75. The number of ether oxygens (including phenoxy) is 2. The van der Waals surface area contributed by atoms with E-state index >= 15 is 0 Å². The van der Waals surface area contributed by atoms with Crippen LogP contribution in [0.25, 0.3) is 0 Å². The highest BCUT2D eigenvalue weighted by molar-refractivity contribution is 5.81. The first kappa shape index (κ1) is 17.5. The minimum absolute atomic E-state index is 0. The van der Waals surface area contributed by atoms with Crippen molar-refractivity contribution < 1.29 is 9.47 Å². The molecule has 4 heteroatoms. The number of aliphatic imine (C=N–C) groups is 2. The molecular weight excluding hydrogens is 288 g/mol. The summed E-state index contributed by atoms with van der Waals surface area (Å²) in [7, 11) is 0. The first-order valence-corrected chi connectivity index (χ1v) is 8.23. The summed E-state index contributed by atoms with van der Waals surface area (Å²) in [4.78, 5) is 9.20. The third-order valence-corrected chi connectivity index (χ3v) is 4.18. The van der Waals surface area contributed by atoms with Gasteiger partial charge in [-0.25, -0.2) is 9.98 Å². The Labute approximate surface area is 139 Å². The monoisotopic (exact) mass is 316 g/mol. The first-order valence-electron chi connectivity index (χ1n) is 8.23. The summed E-state index contributed by atoms with van der Waals surface area (Å²) in [5.41, 5.74) is 2.47. The summed E-state index contributed by atoms with van der Waals surface area (Å²) >= 11 is 0. The normalized spacial score (nSPS) is 22.7. The molecule has 0 bridgehead atoms. The molecular formula is C19H28N2O2. The number of hydrogen-bond acceptors (Lipinski definition) is 4. The molecule has 0 radical (unpaired) electrons.